The normalized spacial score (nSPS) is 43.3. The van der Waals surface area contributed by atoms with Crippen molar-refractivity contribution in [2.45, 2.75) is 52.5 Å². The van der Waals surface area contributed by atoms with E-state index in [-0.39, 0.29) is 16.9 Å². The molecule has 0 spiro atoms. The van der Waals surface area contributed by atoms with E-state index in [0.29, 0.717) is 12.5 Å². The molecule has 2 saturated carbocycles. The Hall–Kier alpha value is -0.610. The molecular formula is C18H35N3O+2. The minimum Gasteiger partial charge on any atom is -0.345 e. The van der Waals surface area contributed by atoms with Crippen molar-refractivity contribution in [2.75, 3.05) is 39.3 Å². The van der Waals surface area contributed by atoms with Crippen LogP contribution in [-0.4, -0.2) is 50.7 Å². The number of quaternary nitrogens is 2. The summed E-state index contributed by atoms with van der Waals surface area (Å²) in [7, 11) is 0. The number of rotatable bonds is 4. The molecule has 2 aliphatic carbocycles. The summed E-state index contributed by atoms with van der Waals surface area (Å²) in [5.41, 5.74) is 0.245. The average molecular weight is 309 g/mol. The van der Waals surface area contributed by atoms with E-state index in [1.807, 2.05) is 0 Å². The molecule has 4 nitrogen and oxygen atoms in total. The molecule has 1 heterocycles. The fraction of sp³-hybridized carbons (Fsp3) is 0.944. The summed E-state index contributed by atoms with van der Waals surface area (Å²) in [4.78, 5) is 15.8. The number of likely N-dealkylation sites (N-methyl/N-ethyl adjacent to an activating group) is 1. The minimum absolute atomic E-state index is 0.00291. The number of piperazine rings is 1. The summed E-state index contributed by atoms with van der Waals surface area (Å²) in [6.07, 6.45) is 3.97. The molecule has 0 radical (unpaired) electrons. The summed E-state index contributed by atoms with van der Waals surface area (Å²) in [5.74, 6) is 1.76. The van der Waals surface area contributed by atoms with Gasteiger partial charge in [0.15, 0.2) is 6.54 Å². The standard InChI is InChI=1S/C18H33N3O/c1-5-20-8-10-21(11-9-20)13-16(22)19-18(4)15-7-6-14(12-15)17(18,2)3/h14-15H,5-13H2,1-4H3,(H,19,22)/p+2/t14-,15+,18-/m0/s1. The lowest BCUT2D eigenvalue weighted by atomic mass is 9.64. The van der Waals surface area contributed by atoms with Gasteiger partial charge in [-0.2, -0.15) is 0 Å². The third kappa shape index (κ3) is 2.58. The van der Waals surface area contributed by atoms with Crippen LogP contribution in [-0.2, 0) is 4.79 Å². The zero-order valence-electron chi connectivity index (χ0n) is 14.9. The molecule has 3 atom stereocenters. The Balaban J connectivity index is 1.56. The number of carbonyl (C=O) groups excluding carboxylic acids is 1. The van der Waals surface area contributed by atoms with Crippen molar-refractivity contribution < 1.29 is 14.6 Å². The van der Waals surface area contributed by atoms with Crippen LogP contribution in [0.15, 0.2) is 0 Å². The molecule has 22 heavy (non-hydrogen) atoms. The van der Waals surface area contributed by atoms with Crippen LogP contribution in [0.5, 0.6) is 0 Å². The lowest BCUT2D eigenvalue weighted by Crippen LogP contribution is -3.28. The van der Waals surface area contributed by atoms with Gasteiger partial charge in [-0.15, -0.1) is 0 Å². The van der Waals surface area contributed by atoms with Crippen LogP contribution in [0.1, 0.15) is 47.0 Å². The quantitative estimate of drug-likeness (QED) is 0.620. The molecule has 0 aromatic rings. The molecule has 1 aliphatic heterocycles. The molecule has 3 aliphatic rings. The molecular weight excluding hydrogens is 274 g/mol. The van der Waals surface area contributed by atoms with E-state index in [1.165, 1.54) is 43.8 Å². The van der Waals surface area contributed by atoms with Crippen LogP contribution in [0, 0.1) is 17.3 Å². The van der Waals surface area contributed by atoms with Gasteiger partial charge in [0.1, 0.15) is 26.2 Å². The van der Waals surface area contributed by atoms with Gasteiger partial charge in [-0.3, -0.25) is 4.79 Å². The molecule has 126 valence electrons. The maximum atomic E-state index is 12.6. The van der Waals surface area contributed by atoms with Crippen LogP contribution in [0.2, 0.25) is 0 Å². The van der Waals surface area contributed by atoms with Gasteiger partial charge in [0.2, 0.25) is 0 Å². The molecule has 0 unspecified atom stereocenters. The third-order valence-corrected chi connectivity index (χ3v) is 7.58. The van der Waals surface area contributed by atoms with E-state index in [0.717, 1.165) is 19.0 Å². The zero-order valence-corrected chi connectivity index (χ0v) is 14.9. The number of hydrogen-bond acceptors (Lipinski definition) is 1. The topological polar surface area (TPSA) is 38.0 Å². The first kappa shape index (κ1) is 16.3. The Morgan fingerprint density at radius 3 is 2.18 bits per heavy atom. The predicted octanol–water partition coefficient (Wildman–Crippen LogP) is -0.879. The highest BCUT2D eigenvalue weighted by atomic mass is 16.2. The van der Waals surface area contributed by atoms with Gasteiger partial charge in [0, 0.05) is 5.54 Å². The van der Waals surface area contributed by atoms with Gasteiger partial charge < -0.3 is 15.1 Å². The molecule has 0 aromatic heterocycles. The summed E-state index contributed by atoms with van der Waals surface area (Å²) >= 11 is 0. The number of hydrogen-bond donors (Lipinski definition) is 3. The number of fused-ring (bicyclic) bond motifs is 2. The van der Waals surface area contributed by atoms with E-state index >= 15 is 0 Å². The summed E-state index contributed by atoms with van der Waals surface area (Å²) in [6.45, 7) is 15.9. The molecule has 3 N–H and O–H groups in total. The highest BCUT2D eigenvalue weighted by molar-refractivity contribution is 5.78. The van der Waals surface area contributed by atoms with Crippen molar-refractivity contribution in [2.24, 2.45) is 17.3 Å². The molecule has 1 saturated heterocycles. The molecule has 1 amide bonds. The van der Waals surface area contributed by atoms with Gasteiger partial charge in [-0.1, -0.05) is 13.8 Å². The van der Waals surface area contributed by atoms with E-state index in [2.05, 4.69) is 33.0 Å². The monoisotopic (exact) mass is 309 g/mol. The summed E-state index contributed by atoms with van der Waals surface area (Å²) in [5, 5.41) is 3.48. The van der Waals surface area contributed by atoms with E-state index in [9.17, 15) is 4.79 Å². The molecule has 3 fully saturated rings. The third-order valence-electron chi connectivity index (χ3n) is 7.58. The second kappa shape index (κ2) is 5.79. The van der Waals surface area contributed by atoms with E-state index in [1.54, 1.807) is 4.90 Å². The Labute approximate surface area is 135 Å². The van der Waals surface area contributed by atoms with Crippen molar-refractivity contribution in [3.8, 4) is 0 Å². The maximum Gasteiger partial charge on any atom is 0.275 e. The van der Waals surface area contributed by atoms with Crippen LogP contribution in [0.4, 0.5) is 0 Å². The molecule has 2 bridgehead atoms. The first-order valence-electron chi connectivity index (χ1n) is 9.35. The maximum absolute atomic E-state index is 12.6. The van der Waals surface area contributed by atoms with Crippen LogP contribution in [0.25, 0.3) is 0 Å². The summed E-state index contributed by atoms with van der Waals surface area (Å²) in [6, 6.07) is 0. The van der Waals surface area contributed by atoms with Gasteiger partial charge >= 0.3 is 0 Å². The Morgan fingerprint density at radius 1 is 1.05 bits per heavy atom. The van der Waals surface area contributed by atoms with Gasteiger partial charge in [0.25, 0.3) is 5.91 Å². The number of nitrogens with one attached hydrogen (secondary N) is 3. The second-order valence-electron chi connectivity index (χ2n) is 8.71. The van der Waals surface area contributed by atoms with Crippen molar-refractivity contribution in [3.63, 3.8) is 0 Å². The van der Waals surface area contributed by atoms with Crippen molar-refractivity contribution in [1.29, 1.82) is 0 Å². The Bertz CT molecular complexity index is 428. The van der Waals surface area contributed by atoms with Gasteiger partial charge in [-0.25, -0.2) is 0 Å². The molecule has 0 aromatic carbocycles. The van der Waals surface area contributed by atoms with Crippen molar-refractivity contribution in [3.05, 3.63) is 0 Å². The average Bonchev–Trinajstić information content (AvgIpc) is 3.03. The smallest absolute Gasteiger partial charge is 0.275 e. The van der Waals surface area contributed by atoms with Gasteiger partial charge in [0.05, 0.1) is 6.54 Å². The molecule has 3 rings (SSSR count). The fourth-order valence-corrected chi connectivity index (χ4v) is 5.42. The van der Waals surface area contributed by atoms with Crippen molar-refractivity contribution in [1.82, 2.24) is 5.32 Å². The highest BCUT2D eigenvalue weighted by Crippen LogP contribution is 2.61. The SMILES string of the molecule is CC[NH+]1CC[NH+](CC(=O)N[C@@]2(C)[C@@H]3CC[C@@H](C3)C2(C)C)CC1. The first-order valence-corrected chi connectivity index (χ1v) is 9.35. The Kier molecular flexibility index (Phi) is 4.28. The van der Waals surface area contributed by atoms with Gasteiger partial charge in [-0.05, 0) is 50.4 Å². The minimum atomic E-state index is 0.00291. The van der Waals surface area contributed by atoms with Crippen LogP contribution in [0.3, 0.4) is 0 Å². The molecule has 4 heteroatoms. The second-order valence-corrected chi connectivity index (χ2v) is 8.71. The number of carbonyl (C=O) groups is 1. The lowest BCUT2D eigenvalue weighted by molar-refractivity contribution is -1.01. The van der Waals surface area contributed by atoms with Crippen LogP contribution >= 0.6 is 0 Å². The Morgan fingerprint density at radius 2 is 1.64 bits per heavy atom. The first-order chi connectivity index (χ1) is 10.4. The van der Waals surface area contributed by atoms with Crippen molar-refractivity contribution >= 4 is 5.91 Å². The zero-order chi connectivity index (χ0) is 16.0. The largest absolute Gasteiger partial charge is 0.345 e. The number of amides is 1. The summed E-state index contributed by atoms with van der Waals surface area (Å²) < 4.78 is 0. The van der Waals surface area contributed by atoms with Crippen LogP contribution < -0.4 is 15.1 Å². The fourth-order valence-electron chi connectivity index (χ4n) is 5.42. The lowest BCUT2D eigenvalue weighted by Gasteiger charge is -2.48. The van der Waals surface area contributed by atoms with E-state index < -0.39 is 0 Å². The van der Waals surface area contributed by atoms with E-state index in [4.69, 9.17) is 0 Å². The highest BCUT2D eigenvalue weighted by Gasteiger charge is 2.60. The predicted molar refractivity (Wildman–Crippen MR) is 88.0 cm³/mol.